The molecule has 60 heavy (non-hydrogen) atoms. The van der Waals surface area contributed by atoms with Gasteiger partial charge in [-0.05, 0) is 99.5 Å². The number of benzene rings is 2. The number of hydrogen-bond acceptors (Lipinski definition) is 14. The second kappa shape index (κ2) is 15.5. The summed E-state index contributed by atoms with van der Waals surface area (Å²) in [6, 6.07) is 12.9. The van der Waals surface area contributed by atoms with Crippen LogP contribution in [0.15, 0.2) is 130 Å². The van der Waals surface area contributed by atoms with Gasteiger partial charge in [0.15, 0.2) is 22.8 Å². The van der Waals surface area contributed by atoms with Crippen molar-refractivity contribution in [2.24, 2.45) is 0 Å². The highest BCUT2D eigenvalue weighted by molar-refractivity contribution is 6.29. The molecule has 14 nitrogen and oxygen atoms in total. The van der Waals surface area contributed by atoms with Gasteiger partial charge >= 0.3 is 11.9 Å². The third-order valence-corrected chi connectivity index (χ3v) is 10.9. The summed E-state index contributed by atoms with van der Waals surface area (Å²) in [5, 5.41) is 20.7. The average molecular weight is 817 g/mol. The van der Waals surface area contributed by atoms with Gasteiger partial charge in [-0.2, -0.15) is 0 Å². The Morgan fingerprint density at radius 2 is 0.983 bits per heavy atom. The van der Waals surface area contributed by atoms with Gasteiger partial charge in [0.1, 0.15) is 34.2 Å². The molecule has 2 aromatic carbocycles. The lowest BCUT2D eigenvalue weighted by Crippen LogP contribution is -2.42. The van der Waals surface area contributed by atoms with E-state index in [2.05, 4.69) is 0 Å². The van der Waals surface area contributed by atoms with Crippen LogP contribution in [0.4, 0.5) is 0 Å². The molecule has 2 aromatic rings. The van der Waals surface area contributed by atoms with Gasteiger partial charge in [0.25, 0.3) is 0 Å². The molecule has 0 aromatic heterocycles. The summed E-state index contributed by atoms with van der Waals surface area (Å²) in [6.07, 6.45) is 8.67. The molecule has 0 spiro atoms. The Morgan fingerprint density at radius 1 is 0.633 bits per heavy atom. The van der Waals surface area contributed by atoms with Crippen molar-refractivity contribution in [1.82, 2.24) is 0 Å². The highest BCUT2D eigenvalue weighted by atomic mass is 16.6. The smallest absolute Gasteiger partial charge is 0.343 e. The van der Waals surface area contributed by atoms with E-state index in [1.165, 1.54) is 40.6 Å². The largest absolute Gasteiger partial charge is 0.507 e. The lowest BCUT2D eigenvalue weighted by molar-refractivity contribution is -0.153. The van der Waals surface area contributed by atoms with Gasteiger partial charge in [-0.3, -0.25) is 19.2 Å². The first-order valence-corrected chi connectivity index (χ1v) is 18.9. The normalized spacial score (nSPS) is 25.6. The van der Waals surface area contributed by atoms with E-state index in [-0.39, 0.29) is 46.0 Å². The number of aliphatic hydroxyl groups is 2. The zero-order valence-corrected chi connectivity index (χ0v) is 33.4. The fourth-order valence-corrected chi connectivity index (χ4v) is 7.58. The number of carbonyl (C=O) groups excluding carboxylic acids is 6. The molecule has 14 heteroatoms. The molecule has 308 valence electrons. The molecule has 0 amide bonds. The van der Waals surface area contributed by atoms with Crippen molar-refractivity contribution in [2.45, 2.75) is 63.9 Å². The van der Waals surface area contributed by atoms with Crippen LogP contribution in [0.1, 0.15) is 51.7 Å². The topological polar surface area (TPSA) is 198 Å². The maximum absolute atomic E-state index is 13.0. The Bertz CT molecular complexity index is 2350. The Morgan fingerprint density at radius 3 is 1.32 bits per heavy atom. The number of methoxy groups -OCH3 is 2. The maximum atomic E-state index is 13.0. The van der Waals surface area contributed by atoms with Crippen LogP contribution in [0.5, 0.6) is 11.5 Å². The van der Waals surface area contributed by atoms with Crippen LogP contribution in [-0.2, 0) is 47.7 Å². The molecule has 0 saturated heterocycles. The molecule has 8 rings (SSSR count). The molecule has 4 heterocycles. The molecule has 0 bridgehead atoms. The maximum Gasteiger partial charge on any atom is 0.343 e. The third-order valence-electron chi connectivity index (χ3n) is 10.9. The summed E-state index contributed by atoms with van der Waals surface area (Å²) in [7, 11) is 3.04. The second-order valence-corrected chi connectivity index (χ2v) is 15.0. The van der Waals surface area contributed by atoms with E-state index in [1.54, 1.807) is 60.7 Å². The van der Waals surface area contributed by atoms with Crippen molar-refractivity contribution >= 4 is 46.6 Å². The number of aliphatic hydroxyl groups excluding tert-OH is 2. The Labute approximate surface area is 344 Å². The minimum atomic E-state index is -1.59. The van der Waals surface area contributed by atoms with Crippen LogP contribution >= 0.6 is 0 Å². The summed E-state index contributed by atoms with van der Waals surface area (Å²) < 4.78 is 31.7. The van der Waals surface area contributed by atoms with Crippen LogP contribution in [0.25, 0.3) is 11.5 Å². The van der Waals surface area contributed by atoms with Gasteiger partial charge in [-0.25, -0.2) is 9.59 Å². The molecule has 2 N–H and O–H groups in total. The van der Waals surface area contributed by atoms with Gasteiger partial charge < -0.3 is 38.6 Å². The molecule has 0 fully saturated rings. The number of hydrogen-bond donors (Lipinski definition) is 2. The van der Waals surface area contributed by atoms with Gasteiger partial charge in [0, 0.05) is 47.3 Å². The average Bonchev–Trinajstić information content (AvgIpc) is 3.65. The van der Waals surface area contributed by atoms with Crippen molar-refractivity contribution in [3.63, 3.8) is 0 Å². The van der Waals surface area contributed by atoms with E-state index in [1.807, 2.05) is 13.8 Å². The molecule has 4 unspecified atom stereocenters. The molecular formula is C46H40O14. The number of esters is 2. The number of ketones is 4. The predicted molar refractivity (Wildman–Crippen MR) is 213 cm³/mol. The molecule has 6 aliphatic rings. The van der Waals surface area contributed by atoms with E-state index >= 15 is 0 Å². The fourth-order valence-electron chi connectivity index (χ4n) is 7.58. The molecule has 4 aliphatic heterocycles. The lowest BCUT2D eigenvalue weighted by atomic mass is 9.76. The molecule has 0 saturated carbocycles. The van der Waals surface area contributed by atoms with E-state index in [4.69, 9.17) is 28.4 Å². The zero-order chi connectivity index (χ0) is 43.3. The summed E-state index contributed by atoms with van der Waals surface area (Å²) >= 11 is 0. The van der Waals surface area contributed by atoms with Crippen LogP contribution in [0, 0.1) is 0 Å². The predicted octanol–water partition coefficient (Wildman–Crippen LogP) is 5.95. The van der Waals surface area contributed by atoms with Crippen molar-refractivity contribution in [3.8, 4) is 11.5 Å². The Kier molecular flexibility index (Phi) is 10.6. The van der Waals surface area contributed by atoms with Gasteiger partial charge in [-0.1, -0.05) is 0 Å². The Hall–Kier alpha value is -7.22. The minimum absolute atomic E-state index is 0.131. The van der Waals surface area contributed by atoms with E-state index in [9.17, 15) is 39.0 Å². The second-order valence-electron chi connectivity index (χ2n) is 15.0. The molecule has 4 atom stereocenters. The van der Waals surface area contributed by atoms with Crippen molar-refractivity contribution in [2.75, 3.05) is 14.2 Å². The molecular weight excluding hydrogens is 776 g/mol. The SMILES string of the molecule is COc1ccc(/C(O)=C/C(=O)C2=C3C=C4CC(C)OC=C4C(=O)C3(C)OC2=O)cc1.COc1ccc(C(O)=CC(=O)C2=C3C=C4CC(C)OC=C4C(=O)C3(C)OC2=O)cc1. The highest BCUT2D eigenvalue weighted by Gasteiger charge is 2.55. The fraction of sp³-hybridized carbons (Fsp3) is 0.261. The van der Waals surface area contributed by atoms with Crippen LogP contribution in [0.2, 0.25) is 0 Å². The first-order valence-electron chi connectivity index (χ1n) is 18.9. The van der Waals surface area contributed by atoms with Crippen LogP contribution < -0.4 is 9.47 Å². The third kappa shape index (κ3) is 7.14. The first-order chi connectivity index (χ1) is 28.5. The van der Waals surface area contributed by atoms with Crippen molar-refractivity contribution < 1.29 is 67.4 Å². The number of Topliss-reactive ketones (excluding diaryl/α,β-unsaturated/α-hetero) is 2. The molecule has 2 aliphatic carbocycles. The van der Waals surface area contributed by atoms with E-state index in [0.717, 1.165) is 12.2 Å². The van der Waals surface area contributed by atoms with Gasteiger partial charge in [0.2, 0.25) is 11.6 Å². The minimum Gasteiger partial charge on any atom is -0.507 e. The van der Waals surface area contributed by atoms with Crippen LogP contribution in [-0.4, -0.2) is 82.9 Å². The highest BCUT2D eigenvalue weighted by Crippen LogP contribution is 2.46. The van der Waals surface area contributed by atoms with E-state index < -0.39 is 46.3 Å². The summed E-state index contributed by atoms with van der Waals surface area (Å²) in [4.78, 5) is 76.9. The number of ether oxygens (including phenoxy) is 6. The van der Waals surface area contributed by atoms with Crippen LogP contribution in [0.3, 0.4) is 0 Å². The number of allylic oxidation sites excluding steroid dienone is 2. The number of fused-ring (bicyclic) bond motifs is 4. The summed E-state index contributed by atoms with van der Waals surface area (Å²) in [5.74, 6) is -3.54. The van der Waals surface area contributed by atoms with Crippen molar-refractivity contribution in [1.29, 1.82) is 0 Å². The zero-order valence-electron chi connectivity index (χ0n) is 33.4. The lowest BCUT2D eigenvalue weighted by Gasteiger charge is -2.33. The van der Waals surface area contributed by atoms with E-state index in [0.29, 0.717) is 57.8 Å². The standard InChI is InChI=1S/2C23H20O7/c2*1-12-8-14-9-17-20(22(27)30-23(17,2)21(26)16(14)11-29-12)19(25)10-18(24)13-4-6-15(28-3)7-5-13/h2*4-7,9-12,24H,8H2,1-3H3/b18-10-;. The summed E-state index contributed by atoms with van der Waals surface area (Å²) in [5.41, 5.74) is -0.434. The van der Waals surface area contributed by atoms with Gasteiger partial charge in [0.05, 0.1) is 50.1 Å². The Balaban J connectivity index is 0.000000181. The van der Waals surface area contributed by atoms with Crippen molar-refractivity contribution in [3.05, 3.63) is 141 Å². The van der Waals surface area contributed by atoms with Gasteiger partial charge in [-0.15, -0.1) is 0 Å². The number of carbonyl (C=O) groups is 6. The monoisotopic (exact) mass is 816 g/mol. The molecule has 0 radical (unpaired) electrons. The quantitative estimate of drug-likeness (QED) is 0.137. The number of rotatable bonds is 8. The first kappa shape index (κ1) is 41.0. The summed E-state index contributed by atoms with van der Waals surface area (Å²) in [6.45, 7) is 6.64.